The van der Waals surface area contributed by atoms with Crippen molar-refractivity contribution in [1.29, 1.82) is 0 Å². The van der Waals surface area contributed by atoms with Gasteiger partial charge in [0, 0.05) is 0 Å². The topological polar surface area (TPSA) is 61.8 Å². The Labute approximate surface area is 160 Å². The highest BCUT2D eigenvalue weighted by Crippen LogP contribution is 2.15. The summed E-state index contributed by atoms with van der Waals surface area (Å²) in [4.78, 5) is 23.0. The molecular formula is C21H40O5. The van der Waals surface area contributed by atoms with E-state index in [4.69, 9.17) is 14.2 Å². The van der Waals surface area contributed by atoms with Crippen molar-refractivity contribution in [1.82, 2.24) is 0 Å². The van der Waals surface area contributed by atoms with Crippen LogP contribution in [0, 0.1) is 11.8 Å². The molecule has 0 radical (unpaired) electrons. The number of carbonyl (C=O) groups excluding carboxylic acids is 2. The van der Waals surface area contributed by atoms with E-state index >= 15 is 0 Å². The van der Waals surface area contributed by atoms with E-state index in [1.165, 1.54) is 32.1 Å². The molecule has 0 spiro atoms. The van der Waals surface area contributed by atoms with E-state index in [9.17, 15) is 9.59 Å². The van der Waals surface area contributed by atoms with Gasteiger partial charge in [0.15, 0.2) is 0 Å². The zero-order valence-electron chi connectivity index (χ0n) is 17.4. The van der Waals surface area contributed by atoms with Crippen molar-refractivity contribution >= 4 is 11.9 Å². The van der Waals surface area contributed by atoms with E-state index in [-0.39, 0.29) is 13.2 Å². The number of unbranched alkanes of at least 4 members (excludes halogenated alkanes) is 4. The summed E-state index contributed by atoms with van der Waals surface area (Å²) in [7, 11) is 0. The minimum absolute atomic E-state index is 0.199. The van der Waals surface area contributed by atoms with Crippen LogP contribution < -0.4 is 0 Å². The summed E-state index contributed by atoms with van der Waals surface area (Å²) >= 11 is 0. The molecule has 0 aliphatic rings. The molecule has 0 rings (SSSR count). The van der Waals surface area contributed by atoms with Gasteiger partial charge in [-0.15, -0.1) is 0 Å². The average molecular weight is 373 g/mol. The van der Waals surface area contributed by atoms with Gasteiger partial charge in [-0.3, -0.25) is 0 Å². The molecule has 0 N–H and O–H groups in total. The van der Waals surface area contributed by atoms with Gasteiger partial charge in [0.1, 0.15) is 13.2 Å². The van der Waals surface area contributed by atoms with Gasteiger partial charge in [-0.05, 0) is 24.7 Å². The lowest BCUT2D eigenvalue weighted by molar-refractivity contribution is -0.155. The van der Waals surface area contributed by atoms with Gasteiger partial charge >= 0.3 is 11.9 Å². The molecule has 0 saturated heterocycles. The normalized spacial score (nSPS) is 12.2. The third-order valence-electron chi connectivity index (χ3n) is 4.30. The highest BCUT2D eigenvalue weighted by molar-refractivity contribution is 5.73. The van der Waals surface area contributed by atoms with Crippen LogP contribution in [0.15, 0.2) is 0 Å². The molecule has 0 saturated carbocycles. The first-order valence-corrected chi connectivity index (χ1v) is 10.3. The molecule has 0 fully saturated rings. The summed E-state index contributed by atoms with van der Waals surface area (Å²) in [5, 5.41) is 0. The predicted molar refractivity (Wildman–Crippen MR) is 104 cm³/mol. The second kappa shape index (κ2) is 17.3. The molecule has 0 bridgehead atoms. The maximum atomic E-state index is 11.6. The van der Waals surface area contributed by atoms with Crippen molar-refractivity contribution in [3.8, 4) is 0 Å². The molecule has 0 aliphatic heterocycles. The third-order valence-corrected chi connectivity index (χ3v) is 4.30. The zero-order chi connectivity index (χ0) is 19.6. The van der Waals surface area contributed by atoms with Gasteiger partial charge in [0.05, 0.1) is 13.2 Å². The molecule has 1 unspecified atom stereocenters. The van der Waals surface area contributed by atoms with Gasteiger partial charge in [-0.25, -0.2) is 9.59 Å². The molecule has 0 aromatic carbocycles. The third kappa shape index (κ3) is 17.7. The van der Waals surface area contributed by atoms with Crippen LogP contribution in [0.25, 0.3) is 0 Å². The lowest BCUT2D eigenvalue weighted by atomic mass is 9.98. The number of hydrogen-bond acceptors (Lipinski definition) is 5. The number of ether oxygens (including phenoxy) is 3. The van der Waals surface area contributed by atoms with Crippen LogP contribution in [0.2, 0.25) is 0 Å². The Balaban J connectivity index is 3.48. The summed E-state index contributed by atoms with van der Waals surface area (Å²) in [6.07, 6.45) is 10.0. The molecule has 26 heavy (non-hydrogen) atoms. The molecular weight excluding hydrogens is 332 g/mol. The number of esters is 2. The Hall–Kier alpha value is -1.10. The zero-order valence-corrected chi connectivity index (χ0v) is 17.4. The smallest absolute Gasteiger partial charge is 0.332 e. The summed E-state index contributed by atoms with van der Waals surface area (Å²) < 4.78 is 15.2. The molecule has 0 aromatic heterocycles. The van der Waals surface area contributed by atoms with Crippen LogP contribution in [0.5, 0.6) is 0 Å². The van der Waals surface area contributed by atoms with Crippen molar-refractivity contribution < 1.29 is 23.8 Å². The van der Waals surface area contributed by atoms with E-state index in [0.717, 1.165) is 31.6 Å². The molecule has 0 aromatic rings. The minimum atomic E-state index is -0.424. The lowest BCUT2D eigenvalue weighted by Gasteiger charge is -2.12. The fourth-order valence-corrected chi connectivity index (χ4v) is 2.59. The average Bonchev–Trinajstić information content (AvgIpc) is 2.57. The number of rotatable bonds is 17. The monoisotopic (exact) mass is 372 g/mol. The van der Waals surface area contributed by atoms with Crippen LogP contribution >= 0.6 is 0 Å². The summed E-state index contributed by atoms with van der Waals surface area (Å²) in [5.41, 5.74) is 0. The van der Waals surface area contributed by atoms with Crippen molar-refractivity contribution in [3.05, 3.63) is 0 Å². The van der Waals surface area contributed by atoms with Gasteiger partial charge in [0.2, 0.25) is 0 Å². The van der Waals surface area contributed by atoms with E-state index in [2.05, 4.69) is 27.7 Å². The largest absolute Gasteiger partial charge is 0.464 e. The van der Waals surface area contributed by atoms with Gasteiger partial charge < -0.3 is 14.2 Å². The fourth-order valence-electron chi connectivity index (χ4n) is 2.59. The molecule has 5 heteroatoms. The number of carbonyl (C=O) groups is 2. The van der Waals surface area contributed by atoms with Crippen molar-refractivity contribution in [2.45, 2.75) is 85.5 Å². The Morgan fingerprint density at radius 1 is 0.731 bits per heavy atom. The second-order valence-corrected chi connectivity index (χ2v) is 7.57. The van der Waals surface area contributed by atoms with E-state index in [1.807, 2.05) is 0 Å². The Morgan fingerprint density at radius 2 is 1.35 bits per heavy atom. The fraction of sp³-hybridized carbons (Fsp3) is 0.905. The van der Waals surface area contributed by atoms with Crippen molar-refractivity contribution in [3.63, 3.8) is 0 Å². The quantitative estimate of drug-likeness (QED) is 0.268. The Bertz CT molecular complexity index is 354. The lowest BCUT2D eigenvalue weighted by Crippen LogP contribution is -2.19. The molecule has 0 amide bonds. The highest BCUT2D eigenvalue weighted by Gasteiger charge is 2.09. The SMILES string of the molecule is CCCCCCCOC(=O)COCC(=O)OCCC(C)CCCC(C)C. The first kappa shape index (κ1) is 24.9. The second-order valence-electron chi connectivity index (χ2n) is 7.57. The standard InChI is InChI=1S/C21H40O5/c1-5-6-7-8-9-14-25-20(22)16-24-17-21(23)26-15-13-19(4)12-10-11-18(2)3/h18-19H,5-17H2,1-4H3. The van der Waals surface area contributed by atoms with Gasteiger partial charge in [-0.2, -0.15) is 0 Å². The van der Waals surface area contributed by atoms with Crippen molar-refractivity contribution in [2.24, 2.45) is 11.8 Å². The van der Waals surface area contributed by atoms with Crippen LogP contribution in [0.3, 0.4) is 0 Å². The first-order valence-electron chi connectivity index (χ1n) is 10.3. The minimum Gasteiger partial charge on any atom is -0.464 e. The van der Waals surface area contributed by atoms with Crippen LogP contribution in [-0.4, -0.2) is 38.4 Å². The Morgan fingerprint density at radius 3 is 1.96 bits per heavy atom. The Kier molecular flexibility index (Phi) is 16.6. The molecule has 0 heterocycles. The molecule has 5 nitrogen and oxygen atoms in total. The van der Waals surface area contributed by atoms with Crippen LogP contribution in [-0.2, 0) is 23.8 Å². The summed E-state index contributed by atoms with van der Waals surface area (Å²) in [5.74, 6) is 0.443. The van der Waals surface area contributed by atoms with Crippen molar-refractivity contribution in [2.75, 3.05) is 26.4 Å². The van der Waals surface area contributed by atoms with E-state index < -0.39 is 11.9 Å². The van der Waals surface area contributed by atoms with Crippen LogP contribution in [0.4, 0.5) is 0 Å². The highest BCUT2D eigenvalue weighted by atomic mass is 16.6. The maximum Gasteiger partial charge on any atom is 0.332 e. The number of hydrogen-bond donors (Lipinski definition) is 0. The van der Waals surface area contributed by atoms with E-state index in [0.29, 0.717) is 19.1 Å². The first-order chi connectivity index (χ1) is 12.5. The van der Waals surface area contributed by atoms with Gasteiger partial charge in [0.25, 0.3) is 0 Å². The summed E-state index contributed by atoms with van der Waals surface area (Å²) in [6.45, 7) is 9.24. The molecule has 154 valence electrons. The molecule has 1 atom stereocenters. The molecule has 0 aliphatic carbocycles. The van der Waals surface area contributed by atoms with E-state index in [1.54, 1.807) is 0 Å². The predicted octanol–water partition coefficient (Wildman–Crippen LogP) is 4.91. The van der Waals surface area contributed by atoms with Crippen LogP contribution in [0.1, 0.15) is 85.5 Å². The summed E-state index contributed by atoms with van der Waals surface area (Å²) in [6, 6.07) is 0. The van der Waals surface area contributed by atoms with Gasteiger partial charge in [-0.1, -0.05) is 72.6 Å². The maximum absolute atomic E-state index is 11.6.